The molecule has 1 unspecified atom stereocenters. The molecule has 0 saturated carbocycles. The lowest BCUT2D eigenvalue weighted by Gasteiger charge is -2.31. The quantitative estimate of drug-likeness (QED) is 0.870. The SMILES string of the molecule is Cc1cc(Cl)ccc1OC[C@H](O)C[NH+]1CCCC[C@@H]1C. The number of hydrogen-bond acceptors (Lipinski definition) is 2. The lowest BCUT2D eigenvalue weighted by molar-refractivity contribution is -0.931. The fourth-order valence-electron chi connectivity index (χ4n) is 2.88. The minimum absolute atomic E-state index is 0.346. The van der Waals surface area contributed by atoms with Gasteiger partial charge in [-0.3, -0.25) is 0 Å². The van der Waals surface area contributed by atoms with Crippen LogP contribution in [0.4, 0.5) is 0 Å². The number of aryl methyl sites for hydroxylation is 1. The second-order valence-electron chi connectivity index (χ2n) is 5.88. The second-order valence-corrected chi connectivity index (χ2v) is 6.32. The normalized spacial score (nSPS) is 24.4. The molecule has 3 atom stereocenters. The van der Waals surface area contributed by atoms with Crippen LogP contribution in [-0.2, 0) is 0 Å². The first-order valence-electron chi connectivity index (χ1n) is 7.48. The highest BCUT2D eigenvalue weighted by Gasteiger charge is 2.24. The van der Waals surface area contributed by atoms with Gasteiger partial charge < -0.3 is 14.7 Å². The lowest BCUT2D eigenvalue weighted by atomic mass is 10.0. The van der Waals surface area contributed by atoms with Gasteiger partial charge in [0.05, 0.1) is 12.6 Å². The van der Waals surface area contributed by atoms with Crippen LogP contribution in [0.3, 0.4) is 0 Å². The number of ether oxygens (including phenoxy) is 1. The van der Waals surface area contributed by atoms with Gasteiger partial charge in [-0.1, -0.05) is 11.6 Å². The minimum Gasteiger partial charge on any atom is -0.490 e. The number of halogens is 1. The van der Waals surface area contributed by atoms with Crippen LogP contribution < -0.4 is 9.64 Å². The number of hydrogen-bond donors (Lipinski definition) is 2. The van der Waals surface area contributed by atoms with Gasteiger partial charge in [-0.2, -0.15) is 0 Å². The van der Waals surface area contributed by atoms with Gasteiger partial charge in [0.1, 0.15) is 25.0 Å². The van der Waals surface area contributed by atoms with Crippen LogP contribution in [0.2, 0.25) is 5.02 Å². The Labute approximate surface area is 126 Å². The van der Waals surface area contributed by atoms with E-state index < -0.39 is 6.10 Å². The molecule has 0 aromatic heterocycles. The Hall–Kier alpha value is -0.770. The van der Waals surface area contributed by atoms with E-state index in [0.717, 1.165) is 24.4 Å². The van der Waals surface area contributed by atoms with Crippen molar-refractivity contribution in [3.8, 4) is 5.75 Å². The molecular weight excluding hydrogens is 274 g/mol. The van der Waals surface area contributed by atoms with Crippen molar-refractivity contribution in [1.29, 1.82) is 0 Å². The van der Waals surface area contributed by atoms with Crippen molar-refractivity contribution in [2.75, 3.05) is 19.7 Å². The van der Waals surface area contributed by atoms with E-state index in [1.165, 1.54) is 24.2 Å². The molecule has 0 bridgehead atoms. The first-order chi connectivity index (χ1) is 9.56. The van der Waals surface area contributed by atoms with Gasteiger partial charge in [0, 0.05) is 5.02 Å². The Morgan fingerprint density at radius 2 is 2.25 bits per heavy atom. The molecule has 3 nitrogen and oxygen atoms in total. The number of aliphatic hydroxyl groups excluding tert-OH is 1. The maximum Gasteiger partial charge on any atom is 0.137 e. The highest BCUT2D eigenvalue weighted by molar-refractivity contribution is 6.30. The number of piperidine rings is 1. The van der Waals surface area contributed by atoms with Crippen molar-refractivity contribution < 1.29 is 14.7 Å². The summed E-state index contributed by atoms with van der Waals surface area (Å²) in [5, 5.41) is 10.9. The predicted octanol–water partition coefficient (Wildman–Crippen LogP) is 1.85. The predicted molar refractivity (Wildman–Crippen MR) is 81.7 cm³/mol. The van der Waals surface area contributed by atoms with E-state index in [-0.39, 0.29) is 0 Å². The topological polar surface area (TPSA) is 33.9 Å². The molecule has 0 radical (unpaired) electrons. The van der Waals surface area contributed by atoms with Gasteiger partial charge >= 0.3 is 0 Å². The molecule has 20 heavy (non-hydrogen) atoms. The molecule has 1 aromatic carbocycles. The summed E-state index contributed by atoms with van der Waals surface area (Å²) in [5.41, 5.74) is 1.00. The van der Waals surface area contributed by atoms with Gasteiger partial charge in [0.15, 0.2) is 0 Å². The van der Waals surface area contributed by atoms with Gasteiger partial charge in [0.25, 0.3) is 0 Å². The zero-order valence-electron chi connectivity index (χ0n) is 12.4. The summed E-state index contributed by atoms with van der Waals surface area (Å²) in [6, 6.07) is 6.20. The zero-order chi connectivity index (χ0) is 14.5. The maximum absolute atomic E-state index is 10.2. The number of benzene rings is 1. The van der Waals surface area contributed by atoms with Crippen LogP contribution in [-0.4, -0.2) is 36.9 Å². The molecule has 2 N–H and O–H groups in total. The molecule has 0 aliphatic carbocycles. The van der Waals surface area contributed by atoms with Gasteiger partial charge in [-0.05, 0) is 56.9 Å². The fraction of sp³-hybridized carbons (Fsp3) is 0.625. The molecule has 1 aliphatic rings. The van der Waals surface area contributed by atoms with Crippen LogP contribution in [0, 0.1) is 6.92 Å². The maximum atomic E-state index is 10.2. The van der Waals surface area contributed by atoms with E-state index in [1.54, 1.807) is 0 Å². The Morgan fingerprint density at radius 3 is 2.95 bits per heavy atom. The summed E-state index contributed by atoms with van der Waals surface area (Å²) < 4.78 is 5.71. The Balaban J connectivity index is 1.81. The van der Waals surface area contributed by atoms with E-state index >= 15 is 0 Å². The fourth-order valence-corrected chi connectivity index (χ4v) is 3.11. The molecule has 1 aromatic rings. The van der Waals surface area contributed by atoms with Crippen molar-refractivity contribution in [3.05, 3.63) is 28.8 Å². The molecule has 1 fully saturated rings. The number of aliphatic hydroxyl groups is 1. The second kappa shape index (κ2) is 7.30. The van der Waals surface area contributed by atoms with Crippen LogP contribution in [0.5, 0.6) is 5.75 Å². The third-order valence-electron chi connectivity index (χ3n) is 4.15. The Kier molecular flexibility index (Phi) is 5.70. The molecule has 0 amide bonds. The monoisotopic (exact) mass is 298 g/mol. The molecule has 0 spiro atoms. The van der Waals surface area contributed by atoms with Crippen molar-refractivity contribution in [1.82, 2.24) is 0 Å². The number of nitrogens with one attached hydrogen (secondary N) is 1. The molecule has 1 aliphatic heterocycles. The molecular formula is C16H25ClNO2+. The van der Waals surface area contributed by atoms with Crippen molar-refractivity contribution >= 4 is 11.6 Å². The summed E-state index contributed by atoms with van der Waals surface area (Å²) in [5.74, 6) is 0.801. The summed E-state index contributed by atoms with van der Waals surface area (Å²) in [4.78, 5) is 1.50. The van der Waals surface area contributed by atoms with Gasteiger partial charge in [-0.15, -0.1) is 0 Å². The highest BCUT2D eigenvalue weighted by Crippen LogP contribution is 2.21. The van der Waals surface area contributed by atoms with Crippen LogP contribution in [0.25, 0.3) is 0 Å². The Bertz CT molecular complexity index is 438. The molecule has 1 saturated heterocycles. The molecule has 1 heterocycles. The van der Waals surface area contributed by atoms with Crippen LogP contribution in [0.15, 0.2) is 18.2 Å². The summed E-state index contributed by atoms with van der Waals surface area (Å²) in [7, 11) is 0. The van der Waals surface area contributed by atoms with Crippen molar-refractivity contribution in [3.63, 3.8) is 0 Å². The Morgan fingerprint density at radius 1 is 1.45 bits per heavy atom. The van der Waals surface area contributed by atoms with Gasteiger partial charge in [-0.25, -0.2) is 0 Å². The number of quaternary nitrogens is 1. The van der Waals surface area contributed by atoms with E-state index in [2.05, 4.69) is 6.92 Å². The third-order valence-corrected chi connectivity index (χ3v) is 4.38. The average molecular weight is 299 g/mol. The average Bonchev–Trinajstić information content (AvgIpc) is 2.40. The van der Waals surface area contributed by atoms with Gasteiger partial charge in [0.2, 0.25) is 0 Å². The first kappa shape index (κ1) is 15.6. The van der Waals surface area contributed by atoms with E-state index in [4.69, 9.17) is 16.3 Å². The standard InChI is InChI=1S/C16H24ClNO2/c1-12-9-14(17)6-7-16(12)20-11-15(19)10-18-8-4-3-5-13(18)2/h6-7,9,13,15,19H,3-5,8,10-11H2,1-2H3/p+1/t13-,15+/m0/s1. The van der Waals surface area contributed by atoms with Crippen molar-refractivity contribution in [2.24, 2.45) is 0 Å². The van der Waals surface area contributed by atoms with Crippen LogP contribution in [0.1, 0.15) is 31.7 Å². The molecule has 2 rings (SSSR count). The largest absolute Gasteiger partial charge is 0.490 e. The number of rotatable bonds is 5. The molecule has 112 valence electrons. The summed E-state index contributed by atoms with van der Waals surface area (Å²) in [6.45, 7) is 6.52. The minimum atomic E-state index is -0.416. The third kappa shape index (κ3) is 4.37. The smallest absolute Gasteiger partial charge is 0.137 e. The first-order valence-corrected chi connectivity index (χ1v) is 7.85. The lowest BCUT2D eigenvalue weighted by Crippen LogP contribution is -3.17. The van der Waals surface area contributed by atoms with Crippen molar-refractivity contribution in [2.45, 2.75) is 45.3 Å². The highest BCUT2D eigenvalue weighted by atomic mass is 35.5. The van der Waals surface area contributed by atoms with Crippen LogP contribution >= 0.6 is 11.6 Å². The van der Waals surface area contributed by atoms with E-state index in [9.17, 15) is 5.11 Å². The molecule has 4 heteroatoms. The summed E-state index contributed by atoms with van der Waals surface area (Å²) in [6.07, 6.45) is 3.44. The number of likely N-dealkylation sites (tertiary alicyclic amines) is 1. The van der Waals surface area contributed by atoms with E-state index in [0.29, 0.717) is 17.7 Å². The van der Waals surface area contributed by atoms with E-state index in [1.807, 2.05) is 25.1 Å². The zero-order valence-corrected chi connectivity index (χ0v) is 13.1. The summed E-state index contributed by atoms with van der Waals surface area (Å²) >= 11 is 5.92.